The number of carboxylic acids is 1. The van der Waals surface area contributed by atoms with Gasteiger partial charge in [-0.25, -0.2) is 9.78 Å². The maximum atomic E-state index is 12.3. The van der Waals surface area contributed by atoms with E-state index in [4.69, 9.17) is 21.4 Å². The number of nitrogens with zero attached hydrogens (tertiary/aromatic N) is 3. The van der Waals surface area contributed by atoms with Gasteiger partial charge in [0.2, 0.25) is 0 Å². The van der Waals surface area contributed by atoms with Gasteiger partial charge in [-0.3, -0.25) is 4.79 Å². The summed E-state index contributed by atoms with van der Waals surface area (Å²) in [4.78, 5) is 31.2. The highest BCUT2D eigenvalue weighted by atomic mass is 35.5. The Labute approximate surface area is 155 Å². The number of halogens is 1. The molecule has 7 nitrogen and oxygen atoms in total. The molecule has 136 valence electrons. The van der Waals surface area contributed by atoms with Gasteiger partial charge in [0.1, 0.15) is 11.6 Å². The number of pyridine rings is 1. The van der Waals surface area contributed by atoms with E-state index in [0.29, 0.717) is 42.8 Å². The van der Waals surface area contributed by atoms with Crippen LogP contribution in [0, 0.1) is 0 Å². The molecule has 1 aromatic carbocycles. The molecule has 0 atom stereocenters. The van der Waals surface area contributed by atoms with Crippen molar-refractivity contribution in [2.24, 2.45) is 0 Å². The van der Waals surface area contributed by atoms with Crippen molar-refractivity contribution in [1.29, 1.82) is 0 Å². The fourth-order valence-corrected chi connectivity index (χ4v) is 2.80. The van der Waals surface area contributed by atoms with Gasteiger partial charge in [0.15, 0.2) is 12.3 Å². The average Bonchev–Trinajstić information content (AvgIpc) is 2.67. The Hall–Kier alpha value is -2.80. The number of carbonyl (C=O) groups is 2. The predicted molar refractivity (Wildman–Crippen MR) is 96.9 cm³/mol. The molecule has 8 heteroatoms. The normalized spacial score (nSPS) is 14.2. The summed E-state index contributed by atoms with van der Waals surface area (Å²) in [6.45, 7) is 2.20. The van der Waals surface area contributed by atoms with Crippen LogP contribution in [0.1, 0.15) is 10.5 Å². The fraction of sp³-hybridized carbons (Fsp3) is 0.278. The monoisotopic (exact) mass is 375 g/mol. The van der Waals surface area contributed by atoms with Crippen molar-refractivity contribution in [2.75, 3.05) is 37.7 Å². The number of ether oxygens (including phenoxy) is 1. The quantitative estimate of drug-likeness (QED) is 0.862. The lowest BCUT2D eigenvalue weighted by atomic mass is 10.3. The van der Waals surface area contributed by atoms with Gasteiger partial charge in [-0.15, -0.1) is 0 Å². The van der Waals surface area contributed by atoms with E-state index < -0.39 is 5.97 Å². The SMILES string of the molecule is O=C(O)c1cccc(N2CCN(C(=O)COc3ccc(Cl)cc3)CC2)n1. The van der Waals surface area contributed by atoms with E-state index in [1.807, 2.05) is 4.90 Å². The second-order valence-corrected chi connectivity index (χ2v) is 6.23. The number of hydrogen-bond acceptors (Lipinski definition) is 5. The van der Waals surface area contributed by atoms with Crippen LogP contribution in [0.4, 0.5) is 5.82 Å². The maximum absolute atomic E-state index is 12.3. The molecule has 0 aliphatic carbocycles. The zero-order valence-electron chi connectivity index (χ0n) is 14.0. The molecule has 0 spiro atoms. The number of aromatic nitrogens is 1. The van der Waals surface area contributed by atoms with Crippen molar-refractivity contribution in [1.82, 2.24) is 9.88 Å². The first-order valence-corrected chi connectivity index (χ1v) is 8.52. The van der Waals surface area contributed by atoms with Gasteiger partial charge in [-0.2, -0.15) is 0 Å². The molecule has 3 rings (SSSR count). The van der Waals surface area contributed by atoms with E-state index in [0.717, 1.165) is 0 Å². The molecule has 1 fully saturated rings. The Bertz CT molecular complexity index is 789. The van der Waals surface area contributed by atoms with Crippen LogP contribution in [0.25, 0.3) is 0 Å². The van der Waals surface area contributed by atoms with Crippen molar-refractivity contribution in [2.45, 2.75) is 0 Å². The number of piperazine rings is 1. The fourth-order valence-electron chi connectivity index (χ4n) is 2.67. The number of aromatic carboxylic acids is 1. The van der Waals surface area contributed by atoms with Crippen LogP contribution < -0.4 is 9.64 Å². The molecule has 2 aromatic rings. The van der Waals surface area contributed by atoms with Crippen molar-refractivity contribution < 1.29 is 19.4 Å². The average molecular weight is 376 g/mol. The van der Waals surface area contributed by atoms with Gasteiger partial charge in [-0.1, -0.05) is 17.7 Å². The van der Waals surface area contributed by atoms with Crippen LogP contribution in [0.5, 0.6) is 5.75 Å². The number of anilines is 1. The van der Waals surface area contributed by atoms with Crippen molar-refractivity contribution in [3.63, 3.8) is 0 Å². The van der Waals surface area contributed by atoms with Gasteiger partial charge in [0.25, 0.3) is 5.91 Å². The summed E-state index contributed by atoms with van der Waals surface area (Å²) >= 11 is 5.81. The van der Waals surface area contributed by atoms with Gasteiger partial charge < -0.3 is 19.6 Å². The number of hydrogen-bond donors (Lipinski definition) is 1. The largest absolute Gasteiger partial charge is 0.484 e. The smallest absolute Gasteiger partial charge is 0.354 e. The number of rotatable bonds is 5. The van der Waals surface area contributed by atoms with Crippen molar-refractivity contribution in [3.05, 3.63) is 53.2 Å². The molecule has 1 saturated heterocycles. The standard InChI is InChI=1S/C18H18ClN3O4/c19-13-4-6-14(7-5-13)26-12-17(23)22-10-8-21(9-11-22)16-3-1-2-15(20-16)18(24)25/h1-7H,8-12H2,(H,24,25). The number of amides is 1. The molecule has 0 bridgehead atoms. The number of carbonyl (C=O) groups excluding carboxylic acids is 1. The summed E-state index contributed by atoms with van der Waals surface area (Å²) in [5.41, 5.74) is 0.0115. The van der Waals surface area contributed by atoms with Crippen molar-refractivity contribution in [3.8, 4) is 5.75 Å². The molecule has 26 heavy (non-hydrogen) atoms. The molecular weight excluding hydrogens is 358 g/mol. The van der Waals surface area contributed by atoms with E-state index in [9.17, 15) is 9.59 Å². The van der Waals surface area contributed by atoms with Gasteiger partial charge in [0.05, 0.1) is 0 Å². The van der Waals surface area contributed by atoms with Gasteiger partial charge in [-0.05, 0) is 36.4 Å². The molecule has 0 radical (unpaired) electrons. The van der Waals surface area contributed by atoms with Gasteiger partial charge >= 0.3 is 5.97 Å². The molecule has 1 aromatic heterocycles. The molecular formula is C18H18ClN3O4. The van der Waals surface area contributed by atoms with E-state index in [-0.39, 0.29) is 18.2 Å². The van der Waals surface area contributed by atoms with E-state index >= 15 is 0 Å². The summed E-state index contributed by atoms with van der Waals surface area (Å²) < 4.78 is 5.49. The summed E-state index contributed by atoms with van der Waals surface area (Å²) in [7, 11) is 0. The zero-order chi connectivity index (χ0) is 18.5. The summed E-state index contributed by atoms with van der Waals surface area (Å²) in [6.07, 6.45) is 0. The van der Waals surface area contributed by atoms with E-state index in [1.165, 1.54) is 6.07 Å². The molecule has 1 amide bonds. The second kappa shape index (κ2) is 8.05. The first-order valence-electron chi connectivity index (χ1n) is 8.14. The third kappa shape index (κ3) is 4.43. The lowest BCUT2D eigenvalue weighted by Crippen LogP contribution is -2.50. The lowest BCUT2D eigenvalue weighted by Gasteiger charge is -2.35. The minimum Gasteiger partial charge on any atom is -0.484 e. The second-order valence-electron chi connectivity index (χ2n) is 5.80. The Morgan fingerprint density at radius 2 is 1.77 bits per heavy atom. The first-order chi connectivity index (χ1) is 12.5. The highest BCUT2D eigenvalue weighted by Crippen LogP contribution is 2.17. The third-order valence-electron chi connectivity index (χ3n) is 4.09. The number of carboxylic acid groups (broad SMARTS) is 1. The molecule has 1 aliphatic rings. The van der Waals surface area contributed by atoms with Crippen LogP contribution in [0.15, 0.2) is 42.5 Å². The Balaban J connectivity index is 1.51. The van der Waals surface area contributed by atoms with Gasteiger partial charge in [0, 0.05) is 31.2 Å². The Morgan fingerprint density at radius 1 is 1.08 bits per heavy atom. The highest BCUT2D eigenvalue weighted by Gasteiger charge is 2.22. The lowest BCUT2D eigenvalue weighted by molar-refractivity contribution is -0.133. The Morgan fingerprint density at radius 3 is 2.42 bits per heavy atom. The minimum absolute atomic E-state index is 0.0115. The molecule has 0 saturated carbocycles. The van der Waals surface area contributed by atoms with Crippen LogP contribution in [0.3, 0.4) is 0 Å². The summed E-state index contributed by atoms with van der Waals surface area (Å²) in [5, 5.41) is 9.65. The minimum atomic E-state index is -1.06. The third-order valence-corrected chi connectivity index (χ3v) is 4.34. The van der Waals surface area contributed by atoms with Crippen LogP contribution in [-0.4, -0.2) is 59.7 Å². The molecule has 2 heterocycles. The number of benzene rings is 1. The van der Waals surface area contributed by atoms with Crippen LogP contribution >= 0.6 is 11.6 Å². The first kappa shape index (κ1) is 18.0. The van der Waals surface area contributed by atoms with Crippen LogP contribution in [-0.2, 0) is 4.79 Å². The van der Waals surface area contributed by atoms with Crippen LogP contribution in [0.2, 0.25) is 5.02 Å². The van der Waals surface area contributed by atoms with E-state index in [1.54, 1.807) is 41.3 Å². The summed E-state index contributed by atoms with van der Waals surface area (Å²) in [6, 6.07) is 11.7. The zero-order valence-corrected chi connectivity index (χ0v) is 14.7. The Kier molecular flexibility index (Phi) is 5.58. The maximum Gasteiger partial charge on any atom is 0.354 e. The van der Waals surface area contributed by atoms with Crippen molar-refractivity contribution >= 4 is 29.3 Å². The highest BCUT2D eigenvalue weighted by molar-refractivity contribution is 6.30. The molecule has 0 unspecified atom stereocenters. The molecule has 1 N–H and O–H groups in total. The van der Waals surface area contributed by atoms with E-state index in [2.05, 4.69) is 4.98 Å². The topological polar surface area (TPSA) is 83.0 Å². The summed E-state index contributed by atoms with van der Waals surface area (Å²) in [5.74, 6) is 0.0531. The predicted octanol–water partition coefficient (Wildman–Crippen LogP) is 2.16. The molecule has 1 aliphatic heterocycles.